The summed E-state index contributed by atoms with van der Waals surface area (Å²) in [6.45, 7) is 4.24. The van der Waals surface area contributed by atoms with E-state index in [9.17, 15) is 4.79 Å². The minimum atomic E-state index is -0.700. The Kier molecular flexibility index (Phi) is 6.57. The predicted molar refractivity (Wildman–Crippen MR) is 74.1 cm³/mol. The molecule has 1 aliphatic carbocycles. The molecule has 0 aromatic carbocycles. The molecule has 0 radical (unpaired) electrons. The minimum absolute atomic E-state index is 0.279. The van der Waals surface area contributed by atoms with Crippen LogP contribution in [0.25, 0.3) is 0 Å². The van der Waals surface area contributed by atoms with Gasteiger partial charge in [-0.1, -0.05) is 26.0 Å². The van der Waals surface area contributed by atoms with E-state index in [-0.39, 0.29) is 6.42 Å². The van der Waals surface area contributed by atoms with E-state index in [0.29, 0.717) is 5.92 Å². The van der Waals surface area contributed by atoms with Gasteiger partial charge in [0.15, 0.2) is 0 Å². The molecule has 2 heteroatoms. The summed E-state index contributed by atoms with van der Waals surface area (Å²) in [6.07, 6.45) is 9.75. The Morgan fingerprint density at radius 2 is 2.17 bits per heavy atom. The number of allylic oxidation sites excluding steroid dienone is 2. The molecule has 0 amide bonds. The number of aliphatic carboxylic acids is 1. The van der Waals surface area contributed by atoms with Crippen molar-refractivity contribution < 1.29 is 9.90 Å². The van der Waals surface area contributed by atoms with E-state index in [2.05, 4.69) is 37.8 Å². The van der Waals surface area contributed by atoms with Crippen LogP contribution in [-0.2, 0) is 4.79 Å². The fourth-order valence-electron chi connectivity index (χ4n) is 2.00. The minimum Gasteiger partial charge on any atom is -0.481 e. The van der Waals surface area contributed by atoms with Crippen LogP contribution in [0.3, 0.4) is 0 Å². The molecule has 18 heavy (non-hydrogen) atoms. The Morgan fingerprint density at radius 1 is 1.39 bits per heavy atom. The van der Waals surface area contributed by atoms with Crippen molar-refractivity contribution in [3.8, 4) is 11.8 Å². The van der Waals surface area contributed by atoms with Gasteiger partial charge in [0.2, 0.25) is 0 Å². The average Bonchev–Trinajstić information content (AvgIpc) is 3.01. The molecule has 0 aromatic heterocycles. The third-order valence-electron chi connectivity index (χ3n) is 3.19. The summed E-state index contributed by atoms with van der Waals surface area (Å²) < 4.78 is 0. The van der Waals surface area contributed by atoms with E-state index in [1.165, 1.54) is 6.42 Å². The van der Waals surface area contributed by atoms with Crippen molar-refractivity contribution in [3.63, 3.8) is 0 Å². The van der Waals surface area contributed by atoms with Gasteiger partial charge in [0.05, 0.1) is 0 Å². The van der Waals surface area contributed by atoms with Gasteiger partial charge in [-0.25, -0.2) is 0 Å². The van der Waals surface area contributed by atoms with E-state index in [4.69, 9.17) is 5.11 Å². The highest BCUT2D eigenvalue weighted by molar-refractivity contribution is 5.66. The van der Waals surface area contributed by atoms with Gasteiger partial charge in [0.1, 0.15) is 0 Å². The second kappa shape index (κ2) is 7.97. The van der Waals surface area contributed by atoms with Crippen LogP contribution in [0.2, 0.25) is 0 Å². The summed E-state index contributed by atoms with van der Waals surface area (Å²) in [4.78, 5) is 10.3. The molecule has 0 unspecified atom stereocenters. The molecule has 0 saturated heterocycles. The molecule has 0 spiro atoms. The zero-order valence-electron chi connectivity index (χ0n) is 11.5. The van der Waals surface area contributed by atoms with Crippen molar-refractivity contribution in [1.29, 1.82) is 0 Å². The largest absolute Gasteiger partial charge is 0.481 e. The molecule has 1 rings (SSSR count). The van der Waals surface area contributed by atoms with E-state index < -0.39 is 5.97 Å². The highest BCUT2D eigenvalue weighted by atomic mass is 16.4. The van der Waals surface area contributed by atoms with Crippen molar-refractivity contribution in [2.24, 2.45) is 17.8 Å². The van der Waals surface area contributed by atoms with Crippen LogP contribution in [-0.4, -0.2) is 11.1 Å². The van der Waals surface area contributed by atoms with Gasteiger partial charge in [-0.15, -0.1) is 11.8 Å². The van der Waals surface area contributed by atoms with Gasteiger partial charge in [-0.05, 0) is 37.5 Å². The second-order valence-electron chi connectivity index (χ2n) is 5.43. The van der Waals surface area contributed by atoms with Crippen LogP contribution in [0.15, 0.2) is 12.2 Å². The molecular formula is C16H24O2. The Labute approximate surface area is 110 Å². The Morgan fingerprint density at radius 3 is 2.83 bits per heavy atom. The highest BCUT2D eigenvalue weighted by Gasteiger charge is 2.34. The SMILES string of the molecule is CC(C)C#CC[C@H]1C[C@H]1C/C=C\CCCC(=O)O. The zero-order chi connectivity index (χ0) is 13.4. The molecule has 0 aromatic rings. The number of unbranched alkanes of at least 4 members (excludes halogenated alkanes) is 1. The maximum absolute atomic E-state index is 10.3. The first kappa shape index (κ1) is 14.8. The fraction of sp³-hybridized carbons (Fsp3) is 0.688. The van der Waals surface area contributed by atoms with Gasteiger partial charge in [-0.3, -0.25) is 4.79 Å². The Hall–Kier alpha value is -1.23. The number of rotatable bonds is 7. The van der Waals surface area contributed by atoms with Gasteiger partial charge in [0.25, 0.3) is 0 Å². The normalized spacial score (nSPS) is 21.9. The number of hydrogen-bond acceptors (Lipinski definition) is 1. The van der Waals surface area contributed by atoms with Gasteiger partial charge in [0, 0.05) is 18.8 Å². The molecule has 0 heterocycles. The molecule has 100 valence electrons. The van der Waals surface area contributed by atoms with Gasteiger partial charge >= 0.3 is 5.97 Å². The van der Waals surface area contributed by atoms with E-state index in [1.54, 1.807) is 0 Å². The summed E-state index contributed by atoms with van der Waals surface area (Å²) in [7, 11) is 0. The first-order chi connectivity index (χ1) is 8.59. The molecule has 0 bridgehead atoms. The van der Waals surface area contributed by atoms with Crippen LogP contribution in [0.4, 0.5) is 0 Å². The van der Waals surface area contributed by atoms with Gasteiger partial charge < -0.3 is 5.11 Å². The topological polar surface area (TPSA) is 37.3 Å². The standard InChI is InChI=1S/C16H24O2/c1-13(2)8-7-10-15-12-14(15)9-5-3-4-6-11-16(17)18/h3,5,13-15H,4,6,9-12H2,1-2H3,(H,17,18)/b5-3-/t14-,15+/m1/s1. The molecule has 1 saturated carbocycles. The van der Waals surface area contributed by atoms with Crippen LogP contribution < -0.4 is 0 Å². The molecule has 1 fully saturated rings. The van der Waals surface area contributed by atoms with E-state index >= 15 is 0 Å². The lowest BCUT2D eigenvalue weighted by molar-refractivity contribution is -0.137. The lowest BCUT2D eigenvalue weighted by atomic mass is 10.1. The maximum Gasteiger partial charge on any atom is 0.303 e. The summed E-state index contributed by atoms with van der Waals surface area (Å²) in [6, 6.07) is 0. The predicted octanol–water partition coefficient (Wildman–Crippen LogP) is 3.87. The number of carbonyl (C=O) groups is 1. The molecule has 0 aliphatic heterocycles. The highest BCUT2D eigenvalue weighted by Crippen LogP contribution is 2.43. The summed E-state index contributed by atoms with van der Waals surface area (Å²) in [5, 5.41) is 8.49. The molecule has 2 nitrogen and oxygen atoms in total. The second-order valence-corrected chi connectivity index (χ2v) is 5.43. The van der Waals surface area contributed by atoms with Crippen molar-refractivity contribution in [2.45, 2.75) is 52.4 Å². The molecular weight excluding hydrogens is 224 g/mol. The summed E-state index contributed by atoms with van der Waals surface area (Å²) in [5.41, 5.74) is 0. The smallest absolute Gasteiger partial charge is 0.303 e. The third kappa shape index (κ3) is 7.17. The number of hydrogen-bond donors (Lipinski definition) is 1. The van der Waals surface area contributed by atoms with Crippen LogP contribution in [0.1, 0.15) is 52.4 Å². The molecule has 1 aliphatic rings. The third-order valence-corrected chi connectivity index (χ3v) is 3.19. The maximum atomic E-state index is 10.3. The first-order valence-electron chi connectivity index (χ1n) is 6.94. The lowest BCUT2D eigenvalue weighted by Gasteiger charge is -1.93. The van der Waals surface area contributed by atoms with Crippen LogP contribution >= 0.6 is 0 Å². The van der Waals surface area contributed by atoms with Gasteiger partial charge in [-0.2, -0.15) is 0 Å². The van der Waals surface area contributed by atoms with E-state index in [1.807, 2.05) is 0 Å². The van der Waals surface area contributed by atoms with E-state index in [0.717, 1.165) is 37.5 Å². The molecule has 1 N–H and O–H groups in total. The lowest BCUT2D eigenvalue weighted by Crippen LogP contribution is -1.92. The number of carboxylic acids is 1. The Balaban J connectivity index is 2.01. The quantitative estimate of drug-likeness (QED) is 0.422. The monoisotopic (exact) mass is 248 g/mol. The van der Waals surface area contributed by atoms with Crippen molar-refractivity contribution >= 4 is 5.97 Å². The van der Waals surface area contributed by atoms with Crippen molar-refractivity contribution in [2.75, 3.05) is 0 Å². The Bertz CT molecular complexity index is 344. The fourth-order valence-corrected chi connectivity index (χ4v) is 2.00. The number of carboxylic acid groups (broad SMARTS) is 1. The average molecular weight is 248 g/mol. The summed E-state index contributed by atoms with van der Waals surface area (Å²) >= 11 is 0. The molecule has 2 atom stereocenters. The summed E-state index contributed by atoms with van der Waals surface area (Å²) in [5.74, 6) is 7.88. The zero-order valence-corrected chi connectivity index (χ0v) is 11.5. The van der Waals surface area contributed by atoms with Crippen molar-refractivity contribution in [3.05, 3.63) is 12.2 Å². The van der Waals surface area contributed by atoms with Crippen molar-refractivity contribution in [1.82, 2.24) is 0 Å². The first-order valence-corrected chi connectivity index (χ1v) is 6.94. The van der Waals surface area contributed by atoms with Crippen LogP contribution in [0, 0.1) is 29.6 Å². The van der Waals surface area contributed by atoms with Crippen LogP contribution in [0.5, 0.6) is 0 Å².